The first-order valence-corrected chi connectivity index (χ1v) is 6.41. The number of hydrogen-bond acceptors (Lipinski definition) is 3. The molecule has 0 N–H and O–H groups in total. The van der Waals surface area contributed by atoms with Gasteiger partial charge in [0.15, 0.2) is 0 Å². The fourth-order valence-electron chi connectivity index (χ4n) is 1.99. The first-order chi connectivity index (χ1) is 9.11. The number of nitriles is 1. The lowest BCUT2D eigenvalue weighted by Gasteiger charge is -2.12. The van der Waals surface area contributed by atoms with Gasteiger partial charge in [0.1, 0.15) is 11.7 Å². The van der Waals surface area contributed by atoms with E-state index in [4.69, 9.17) is 0 Å². The van der Waals surface area contributed by atoms with Crippen LogP contribution < -0.4 is 0 Å². The smallest absolute Gasteiger partial charge is 0.146 e. The molecule has 0 aliphatic heterocycles. The summed E-state index contributed by atoms with van der Waals surface area (Å²) in [6.45, 7) is 6.07. The van der Waals surface area contributed by atoms with Gasteiger partial charge in [-0.1, -0.05) is 37.6 Å². The van der Waals surface area contributed by atoms with Crippen LogP contribution in [0.3, 0.4) is 0 Å². The second-order valence-corrected chi connectivity index (χ2v) is 5.02. The summed E-state index contributed by atoms with van der Waals surface area (Å²) in [5.41, 5.74) is 3.12. The average Bonchev–Trinajstić information content (AvgIpc) is 2.39. The van der Waals surface area contributed by atoms with Crippen LogP contribution in [0.2, 0.25) is 0 Å². The van der Waals surface area contributed by atoms with E-state index in [0.29, 0.717) is 5.82 Å². The summed E-state index contributed by atoms with van der Waals surface area (Å²) in [6, 6.07) is 12.3. The van der Waals surface area contributed by atoms with E-state index in [2.05, 4.69) is 35.1 Å². The zero-order valence-corrected chi connectivity index (χ0v) is 11.5. The standard InChI is InChI=1S/C16H17N3/c1-11(2)14(10-17)16-18-8-7-15(19-16)13-6-4-5-12(3)9-13/h4-9,11,14H,1-3H3. The van der Waals surface area contributed by atoms with Crippen molar-refractivity contribution < 1.29 is 0 Å². The van der Waals surface area contributed by atoms with Crippen molar-refractivity contribution in [1.82, 2.24) is 9.97 Å². The van der Waals surface area contributed by atoms with E-state index in [1.54, 1.807) is 6.20 Å². The molecule has 0 amide bonds. The Kier molecular flexibility index (Phi) is 3.91. The minimum absolute atomic E-state index is 0.206. The van der Waals surface area contributed by atoms with Gasteiger partial charge in [0, 0.05) is 11.8 Å². The highest BCUT2D eigenvalue weighted by atomic mass is 14.9. The van der Waals surface area contributed by atoms with Crippen molar-refractivity contribution >= 4 is 0 Å². The summed E-state index contributed by atoms with van der Waals surface area (Å²) in [7, 11) is 0. The van der Waals surface area contributed by atoms with Crippen LogP contribution in [-0.2, 0) is 0 Å². The molecule has 0 saturated carbocycles. The van der Waals surface area contributed by atoms with E-state index in [9.17, 15) is 5.26 Å². The van der Waals surface area contributed by atoms with Crippen LogP contribution in [0.5, 0.6) is 0 Å². The molecule has 2 aromatic rings. The lowest BCUT2D eigenvalue weighted by Crippen LogP contribution is -2.09. The van der Waals surface area contributed by atoms with E-state index < -0.39 is 0 Å². The van der Waals surface area contributed by atoms with Gasteiger partial charge >= 0.3 is 0 Å². The van der Waals surface area contributed by atoms with Gasteiger partial charge in [-0.25, -0.2) is 9.97 Å². The Labute approximate surface area is 114 Å². The molecular weight excluding hydrogens is 234 g/mol. The molecule has 0 bridgehead atoms. The predicted molar refractivity (Wildman–Crippen MR) is 75.4 cm³/mol. The lowest BCUT2D eigenvalue weighted by molar-refractivity contribution is 0.562. The molecule has 3 nitrogen and oxygen atoms in total. The number of nitrogens with zero attached hydrogens (tertiary/aromatic N) is 3. The van der Waals surface area contributed by atoms with Gasteiger partial charge < -0.3 is 0 Å². The fourth-order valence-corrected chi connectivity index (χ4v) is 1.99. The monoisotopic (exact) mass is 251 g/mol. The molecule has 0 fully saturated rings. The molecule has 3 heteroatoms. The number of hydrogen-bond donors (Lipinski definition) is 0. The van der Waals surface area contributed by atoms with Crippen LogP contribution >= 0.6 is 0 Å². The van der Waals surface area contributed by atoms with Gasteiger partial charge in [0.25, 0.3) is 0 Å². The molecule has 19 heavy (non-hydrogen) atoms. The van der Waals surface area contributed by atoms with E-state index in [0.717, 1.165) is 11.3 Å². The molecule has 1 aromatic heterocycles. The topological polar surface area (TPSA) is 49.6 Å². The van der Waals surface area contributed by atoms with E-state index in [1.165, 1.54) is 5.56 Å². The van der Waals surface area contributed by atoms with Crippen LogP contribution in [0.15, 0.2) is 36.5 Å². The third-order valence-corrected chi connectivity index (χ3v) is 3.07. The Balaban J connectivity index is 2.43. The summed E-state index contributed by atoms with van der Waals surface area (Å²) in [5.74, 6) is 0.555. The summed E-state index contributed by atoms with van der Waals surface area (Å²) in [6.07, 6.45) is 1.73. The normalized spacial score (nSPS) is 12.2. The largest absolute Gasteiger partial charge is 0.240 e. The van der Waals surface area contributed by atoms with Crippen molar-refractivity contribution in [1.29, 1.82) is 5.26 Å². The van der Waals surface area contributed by atoms with Crippen molar-refractivity contribution in [3.63, 3.8) is 0 Å². The van der Waals surface area contributed by atoms with Gasteiger partial charge in [-0.3, -0.25) is 0 Å². The van der Waals surface area contributed by atoms with Crippen molar-refractivity contribution in [2.75, 3.05) is 0 Å². The van der Waals surface area contributed by atoms with Crippen molar-refractivity contribution in [2.45, 2.75) is 26.7 Å². The number of rotatable bonds is 3. The first-order valence-electron chi connectivity index (χ1n) is 6.41. The van der Waals surface area contributed by atoms with Gasteiger partial charge in [-0.15, -0.1) is 0 Å². The third kappa shape index (κ3) is 2.97. The Morgan fingerprint density at radius 1 is 1.21 bits per heavy atom. The van der Waals surface area contributed by atoms with Crippen molar-refractivity contribution in [2.24, 2.45) is 5.92 Å². The molecule has 1 aromatic carbocycles. The minimum atomic E-state index is -0.259. The summed E-state index contributed by atoms with van der Waals surface area (Å²) >= 11 is 0. The summed E-state index contributed by atoms with van der Waals surface area (Å²) < 4.78 is 0. The number of benzene rings is 1. The average molecular weight is 251 g/mol. The van der Waals surface area contributed by atoms with Crippen molar-refractivity contribution in [3.8, 4) is 17.3 Å². The van der Waals surface area contributed by atoms with Crippen LogP contribution in [0, 0.1) is 24.2 Å². The Bertz CT molecular complexity index is 611. The molecule has 0 aliphatic rings. The molecular formula is C16H17N3. The van der Waals surface area contributed by atoms with Gasteiger partial charge in [-0.05, 0) is 25.0 Å². The van der Waals surface area contributed by atoms with Crippen LogP contribution in [0.25, 0.3) is 11.3 Å². The van der Waals surface area contributed by atoms with E-state index in [1.807, 2.05) is 32.0 Å². The summed E-state index contributed by atoms with van der Waals surface area (Å²) in [5, 5.41) is 9.23. The molecule has 1 atom stereocenters. The SMILES string of the molecule is Cc1cccc(-c2ccnc(C(C#N)C(C)C)n2)c1. The maximum atomic E-state index is 9.23. The van der Waals surface area contributed by atoms with Gasteiger partial charge in [-0.2, -0.15) is 5.26 Å². The number of aryl methyl sites for hydroxylation is 1. The lowest BCUT2D eigenvalue weighted by atomic mass is 9.96. The molecule has 0 saturated heterocycles. The maximum Gasteiger partial charge on any atom is 0.146 e. The van der Waals surface area contributed by atoms with Crippen LogP contribution in [0.4, 0.5) is 0 Å². The number of aromatic nitrogens is 2. The highest BCUT2D eigenvalue weighted by Crippen LogP contribution is 2.23. The van der Waals surface area contributed by atoms with Gasteiger partial charge in [0.2, 0.25) is 0 Å². The highest BCUT2D eigenvalue weighted by molar-refractivity contribution is 5.59. The van der Waals surface area contributed by atoms with Gasteiger partial charge in [0.05, 0.1) is 11.8 Å². The van der Waals surface area contributed by atoms with Crippen LogP contribution in [-0.4, -0.2) is 9.97 Å². The first kappa shape index (κ1) is 13.2. The minimum Gasteiger partial charge on any atom is -0.240 e. The van der Waals surface area contributed by atoms with E-state index >= 15 is 0 Å². The molecule has 0 radical (unpaired) electrons. The second kappa shape index (κ2) is 5.62. The maximum absolute atomic E-state index is 9.23. The quantitative estimate of drug-likeness (QED) is 0.835. The third-order valence-electron chi connectivity index (χ3n) is 3.07. The van der Waals surface area contributed by atoms with Crippen molar-refractivity contribution in [3.05, 3.63) is 47.9 Å². The van der Waals surface area contributed by atoms with E-state index in [-0.39, 0.29) is 11.8 Å². The zero-order chi connectivity index (χ0) is 13.8. The fraction of sp³-hybridized carbons (Fsp3) is 0.312. The zero-order valence-electron chi connectivity index (χ0n) is 11.5. The summed E-state index contributed by atoms with van der Waals surface area (Å²) in [4.78, 5) is 8.79. The molecule has 0 spiro atoms. The van der Waals surface area contributed by atoms with Crippen LogP contribution in [0.1, 0.15) is 31.2 Å². The molecule has 0 aliphatic carbocycles. The molecule has 2 rings (SSSR count). The second-order valence-electron chi connectivity index (χ2n) is 5.02. The molecule has 1 heterocycles. The highest BCUT2D eigenvalue weighted by Gasteiger charge is 2.18. The Morgan fingerprint density at radius 2 is 2.00 bits per heavy atom. The predicted octanol–water partition coefficient (Wildman–Crippen LogP) is 3.72. The Hall–Kier alpha value is -2.21. The Morgan fingerprint density at radius 3 is 2.63 bits per heavy atom. The molecule has 96 valence electrons. The molecule has 1 unspecified atom stereocenters.